The molecule has 0 aliphatic carbocycles. The zero-order valence-corrected chi connectivity index (χ0v) is 10.6. The topological polar surface area (TPSA) is 127 Å². The Balaban J connectivity index is 0.000000362. The molecule has 0 aliphatic rings. The predicted octanol–water partition coefficient (Wildman–Crippen LogP) is 0.870. The Morgan fingerprint density at radius 1 is 1.26 bits per heavy atom. The van der Waals surface area contributed by atoms with Crippen LogP contribution in [0.2, 0.25) is 0 Å². The van der Waals surface area contributed by atoms with E-state index < -0.39 is 11.9 Å². The molecule has 1 aromatic carbocycles. The summed E-state index contributed by atoms with van der Waals surface area (Å²) in [7, 11) is 0. The predicted molar refractivity (Wildman–Crippen MR) is 72.6 cm³/mol. The lowest BCUT2D eigenvalue weighted by atomic mass is 10.1. The number of carbonyl (C=O) groups is 2. The van der Waals surface area contributed by atoms with Gasteiger partial charge in [-0.05, 0) is 31.0 Å². The molecule has 1 unspecified atom stereocenters. The molecule has 0 aliphatic heterocycles. The van der Waals surface area contributed by atoms with E-state index in [2.05, 4.69) is 0 Å². The number of hydrogen-bond donors (Lipinski definition) is 4. The van der Waals surface area contributed by atoms with Crippen LogP contribution < -0.4 is 11.5 Å². The highest BCUT2D eigenvalue weighted by Gasteiger charge is 1.96. The summed E-state index contributed by atoms with van der Waals surface area (Å²) in [4.78, 5) is 19.1. The molecule has 6 N–H and O–H groups in total. The molecule has 1 aromatic rings. The third-order valence-corrected chi connectivity index (χ3v) is 1.88. The summed E-state index contributed by atoms with van der Waals surface area (Å²) in [5.41, 5.74) is 13.2. The van der Waals surface area contributed by atoms with E-state index in [0.717, 1.165) is 12.1 Å². The Morgan fingerprint density at radius 3 is 2.16 bits per heavy atom. The van der Waals surface area contributed by atoms with Crippen molar-refractivity contribution in [2.24, 2.45) is 5.73 Å². The lowest BCUT2D eigenvalue weighted by molar-refractivity contribution is -0.134. The van der Waals surface area contributed by atoms with Gasteiger partial charge in [0.15, 0.2) is 0 Å². The van der Waals surface area contributed by atoms with Crippen molar-refractivity contribution in [1.29, 1.82) is 0 Å². The second kappa shape index (κ2) is 8.71. The number of benzene rings is 1. The Morgan fingerprint density at radius 2 is 1.79 bits per heavy atom. The number of rotatable bonds is 4. The van der Waals surface area contributed by atoms with E-state index in [0.29, 0.717) is 12.2 Å². The first-order valence-electron chi connectivity index (χ1n) is 5.55. The van der Waals surface area contributed by atoms with Gasteiger partial charge >= 0.3 is 11.9 Å². The largest absolute Gasteiger partial charge is 0.478 e. The fourth-order valence-electron chi connectivity index (χ4n) is 1.23. The van der Waals surface area contributed by atoms with Gasteiger partial charge < -0.3 is 21.7 Å². The van der Waals surface area contributed by atoms with Gasteiger partial charge in [-0.2, -0.15) is 0 Å². The number of hydrogen-bond acceptors (Lipinski definition) is 4. The van der Waals surface area contributed by atoms with Crippen molar-refractivity contribution in [2.45, 2.75) is 19.4 Å². The molecule has 0 bridgehead atoms. The minimum atomic E-state index is -1.26. The van der Waals surface area contributed by atoms with Crippen LogP contribution in [0.1, 0.15) is 12.5 Å². The Kier molecular flexibility index (Phi) is 7.64. The standard InChI is InChI=1S/C9H14N2.C4H4O4/c1-7(10)5-8-3-2-4-9(11)6-8;5-3(6)1-2-4(7)8/h2-4,6-7H,5,10-11H2,1H3;1-2H,(H,5,6)(H,7,8)/b;2-1-. The molecule has 1 atom stereocenters. The van der Waals surface area contributed by atoms with Crippen molar-refractivity contribution in [3.05, 3.63) is 42.0 Å². The highest BCUT2D eigenvalue weighted by molar-refractivity contribution is 5.89. The van der Waals surface area contributed by atoms with Gasteiger partial charge in [0.1, 0.15) is 0 Å². The minimum Gasteiger partial charge on any atom is -0.478 e. The third-order valence-electron chi connectivity index (χ3n) is 1.88. The molecule has 0 heterocycles. The van der Waals surface area contributed by atoms with E-state index in [4.69, 9.17) is 21.7 Å². The quantitative estimate of drug-likeness (QED) is 0.473. The van der Waals surface area contributed by atoms with Crippen molar-refractivity contribution >= 4 is 17.6 Å². The molecule has 6 nitrogen and oxygen atoms in total. The van der Waals surface area contributed by atoms with E-state index in [1.54, 1.807) is 0 Å². The number of nitrogens with two attached hydrogens (primary N) is 2. The second-order valence-electron chi connectivity index (χ2n) is 3.94. The molecule has 0 amide bonds. The number of aliphatic carboxylic acids is 2. The lowest BCUT2D eigenvalue weighted by Crippen LogP contribution is -2.17. The van der Waals surface area contributed by atoms with E-state index in [-0.39, 0.29) is 6.04 Å². The Hall–Kier alpha value is -2.34. The van der Waals surface area contributed by atoms with Crippen LogP contribution in [0, 0.1) is 0 Å². The summed E-state index contributed by atoms with van der Waals surface area (Å²) < 4.78 is 0. The molecule has 1 rings (SSSR count). The van der Waals surface area contributed by atoms with Crippen molar-refractivity contribution in [2.75, 3.05) is 5.73 Å². The summed E-state index contributed by atoms with van der Waals surface area (Å²) in [5, 5.41) is 15.6. The van der Waals surface area contributed by atoms with Crippen LogP contribution in [0.4, 0.5) is 5.69 Å². The molecular formula is C13H18N2O4. The maximum absolute atomic E-state index is 9.55. The van der Waals surface area contributed by atoms with Crippen molar-refractivity contribution in [3.8, 4) is 0 Å². The van der Waals surface area contributed by atoms with Gasteiger partial charge in [-0.1, -0.05) is 12.1 Å². The molecule has 0 spiro atoms. The fourth-order valence-corrected chi connectivity index (χ4v) is 1.23. The highest BCUT2D eigenvalue weighted by Crippen LogP contribution is 2.07. The molecule has 0 radical (unpaired) electrons. The average Bonchev–Trinajstić information content (AvgIpc) is 2.26. The maximum Gasteiger partial charge on any atom is 0.328 e. The van der Waals surface area contributed by atoms with Gasteiger partial charge in [0.05, 0.1) is 0 Å². The number of nitrogen functional groups attached to an aromatic ring is 1. The van der Waals surface area contributed by atoms with Gasteiger partial charge in [0.25, 0.3) is 0 Å². The second-order valence-corrected chi connectivity index (χ2v) is 3.94. The van der Waals surface area contributed by atoms with Crippen LogP contribution in [-0.4, -0.2) is 28.2 Å². The van der Waals surface area contributed by atoms with Crippen LogP contribution >= 0.6 is 0 Å². The van der Waals surface area contributed by atoms with Crippen LogP contribution in [0.5, 0.6) is 0 Å². The van der Waals surface area contributed by atoms with E-state index >= 15 is 0 Å². The molecule has 0 saturated heterocycles. The zero-order chi connectivity index (χ0) is 14.8. The van der Waals surface area contributed by atoms with E-state index in [1.807, 2.05) is 31.2 Å². The summed E-state index contributed by atoms with van der Waals surface area (Å²) in [6.07, 6.45) is 2.01. The summed E-state index contributed by atoms with van der Waals surface area (Å²) in [5.74, 6) is -2.51. The number of carboxylic acid groups (broad SMARTS) is 2. The maximum atomic E-state index is 9.55. The van der Waals surface area contributed by atoms with Crippen LogP contribution in [0.25, 0.3) is 0 Å². The Bertz CT molecular complexity index is 440. The van der Waals surface area contributed by atoms with Crippen molar-refractivity contribution < 1.29 is 19.8 Å². The van der Waals surface area contributed by atoms with Crippen molar-refractivity contribution in [3.63, 3.8) is 0 Å². The normalized spacial score (nSPS) is 11.5. The third kappa shape index (κ3) is 10.5. The van der Waals surface area contributed by atoms with Gasteiger partial charge in [-0.15, -0.1) is 0 Å². The molecule has 19 heavy (non-hydrogen) atoms. The summed E-state index contributed by atoms with van der Waals surface area (Å²) in [6, 6.07) is 8.04. The zero-order valence-electron chi connectivity index (χ0n) is 10.6. The summed E-state index contributed by atoms with van der Waals surface area (Å²) in [6.45, 7) is 1.99. The molecule has 6 heteroatoms. The molecule has 104 valence electrons. The minimum absolute atomic E-state index is 0.205. The van der Waals surface area contributed by atoms with E-state index in [9.17, 15) is 9.59 Å². The first kappa shape index (κ1) is 16.7. The average molecular weight is 266 g/mol. The first-order chi connectivity index (χ1) is 8.81. The van der Waals surface area contributed by atoms with E-state index in [1.165, 1.54) is 5.56 Å². The summed E-state index contributed by atoms with van der Waals surface area (Å²) >= 11 is 0. The molecule has 0 aromatic heterocycles. The first-order valence-corrected chi connectivity index (χ1v) is 5.55. The van der Waals surface area contributed by atoms with Crippen LogP contribution in [0.15, 0.2) is 36.4 Å². The monoisotopic (exact) mass is 266 g/mol. The SMILES string of the molecule is CC(N)Cc1cccc(N)c1.O=C(O)/C=C\C(=O)O. The molecular weight excluding hydrogens is 248 g/mol. The van der Waals surface area contributed by atoms with Gasteiger partial charge in [0.2, 0.25) is 0 Å². The van der Waals surface area contributed by atoms with Gasteiger partial charge in [-0.25, -0.2) is 9.59 Å². The smallest absolute Gasteiger partial charge is 0.328 e. The lowest BCUT2D eigenvalue weighted by Gasteiger charge is -2.04. The number of carboxylic acids is 2. The number of anilines is 1. The van der Waals surface area contributed by atoms with Crippen LogP contribution in [-0.2, 0) is 16.0 Å². The fraction of sp³-hybridized carbons (Fsp3) is 0.231. The molecule has 0 saturated carbocycles. The highest BCUT2D eigenvalue weighted by atomic mass is 16.4. The van der Waals surface area contributed by atoms with Crippen LogP contribution in [0.3, 0.4) is 0 Å². The van der Waals surface area contributed by atoms with Gasteiger partial charge in [-0.3, -0.25) is 0 Å². The molecule has 0 fully saturated rings. The van der Waals surface area contributed by atoms with Gasteiger partial charge in [0, 0.05) is 23.9 Å². The Labute approximate surface area is 111 Å². The van der Waals surface area contributed by atoms with Crippen molar-refractivity contribution in [1.82, 2.24) is 0 Å².